The maximum Gasteiger partial charge on any atom is 0.236 e. The van der Waals surface area contributed by atoms with E-state index < -0.39 is 0 Å². The quantitative estimate of drug-likeness (QED) is 0.482. The Morgan fingerprint density at radius 1 is 1.28 bits per heavy atom. The van der Waals surface area contributed by atoms with Crippen LogP contribution in [0, 0.1) is 6.92 Å². The van der Waals surface area contributed by atoms with Gasteiger partial charge < -0.3 is 9.32 Å². The molecule has 8 heteroatoms. The van der Waals surface area contributed by atoms with Crippen LogP contribution in [-0.4, -0.2) is 37.6 Å². The number of aryl methyl sites for hydroxylation is 1. The number of oxazole rings is 1. The highest BCUT2D eigenvalue weighted by atomic mass is 32.1. The van der Waals surface area contributed by atoms with Gasteiger partial charge in [0.2, 0.25) is 11.8 Å². The number of benzene rings is 1. The Hall–Kier alpha value is -3.26. The number of carbonyl (C=O) groups is 1. The maximum absolute atomic E-state index is 12.9. The second-order valence-electron chi connectivity index (χ2n) is 6.79. The van der Waals surface area contributed by atoms with Crippen molar-refractivity contribution in [3.05, 3.63) is 71.5 Å². The average Bonchev–Trinajstić information content (AvgIpc) is 3.50. The summed E-state index contributed by atoms with van der Waals surface area (Å²) in [5, 5.41) is 6.10. The van der Waals surface area contributed by atoms with Gasteiger partial charge in [-0.3, -0.25) is 4.79 Å². The van der Waals surface area contributed by atoms with E-state index in [4.69, 9.17) is 4.42 Å². The van der Waals surface area contributed by atoms with Crippen LogP contribution in [-0.2, 0) is 11.2 Å². The van der Waals surface area contributed by atoms with Crippen LogP contribution in [0.25, 0.3) is 16.5 Å². The number of carbonyl (C=O) groups excluding carboxylic acids is 1. The summed E-state index contributed by atoms with van der Waals surface area (Å²) in [5.41, 5.74) is 2.65. The zero-order chi connectivity index (χ0) is 20.4. The van der Waals surface area contributed by atoms with Crippen molar-refractivity contribution in [3.8, 4) is 16.5 Å². The van der Waals surface area contributed by atoms with Gasteiger partial charge in [0.1, 0.15) is 18.4 Å². The number of amides is 1. The van der Waals surface area contributed by atoms with Crippen molar-refractivity contribution in [2.24, 2.45) is 0 Å². The lowest BCUT2D eigenvalue weighted by Gasteiger charge is -2.25. The van der Waals surface area contributed by atoms with E-state index in [2.05, 4.69) is 15.1 Å². The van der Waals surface area contributed by atoms with Gasteiger partial charge in [0.15, 0.2) is 0 Å². The molecule has 1 unspecified atom stereocenters. The molecule has 3 heterocycles. The normalized spacial score (nSPS) is 12.1. The zero-order valence-corrected chi connectivity index (χ0v) is 17.3. The van der Waals surface area contributed by atoms with Crippen molar-refractivity contribution in [1.82, 2.24) is 24.6 Å². The fourth-order valence-electron chi connectivity index (χ4n) is 3.05. The molecule has 4 aromatic rings. The molecule has 4 rings (SSSR count). The monoisotopic (exact) mass is 407 g/mol. The second-order valence-corrected chi connectivity index (χ2v) is 7.74. The van der Waals surface area contributed by atoms with Crippen molar-refractivity contribution in [2.45, 2.75) is 26.3 Å². The van der Waals surface area contributed by atoms with Crippen LogP contribution in [0.1, 0.15) is 30.0 Å². The average molecular weight is 407 g/mol. The highest BCUT2D eigenvalue weighted by molar-refractivity contribution is 7.13. The molecule has 29 heavy (non-hydrogen) atoms. The third kappa shape index (κ3) is 3.97. The Bertz CT molecular complexity index is 1090. The SMILES string of the molecule is Cc1oc(-c2cccs2)nc1CC(=O)N(C)C(C)c1ccc(-n2cncn2)cc1. The smallest absolute Gasteiger partial charge is 0.236 e. The van der Waals surface area contributed by atoms with E-state index in [9.17, 15) is 4.79 Å². The Morgan fingerprint density at radius 2 is 2.07 bits per heavy atom. The van der Waals surface area contributed by atoms with Crippen LogP contribution in [0.15, 0.2) is 58.9 Å². The zero-order valence-electron chi connectivity index (χ0n) is 16.4. The number of likely N-dealkylation sites (N-methyl/N-ethyl adjacent to an activating group) is 1. The van der Waals surface area contributed by atoms with Crippen LogP contribution < -0.4 is 0 Å². The van der Waals surface area contributed by atoms with E-state index >= 15 is 0 Å². The molecule has 148 valence electrons. The summed E-state index contributed by atoms with van der Waals surface area (Å²) in [5.74, 6) is 1.24. The molecule has 0 radical (unpaired) electrons. The summed E-state index contributed by atoms with van der Waals surface area (Å²) in [4.78, 5) is 24.0. The third-order valence-corrected chi connectivity index (χ3v) is 5.83. The van der Waals surface area contributed by atoms with Gasteiger partial charge in [-0.05, 0) is 43.0 Å². The van der Waals surface area contributed by atoms with Gasteiger partial charge in [0.25, 0.3) is 0 Å². The molecule has 0 aliphatic rings. The van der Waals surface area contributed by atoms with Gasteiger partial charge in [0.05, 0.1) is 28.7 Å². The minimum atomic E-state index is -0.0729. The van der Waals surface area contributed by atoms with Crippen LogP contribution in [0.4, 0.5) is 0 Å². The van der Waals surface area contributed by atoms with Crippen LogP contribution in [0.2, 0.25) is 0 Å². The van der Waals surface area contributed by atoms with Crippen molar-refractivity contribution in [3.63, 3.8) is 0 Å². The Balaban J connectivity index is 1.45. The summed E-state index contributed by atoms with van der Waals surface area (Å²) in [6, 6.07) is 11.8. The van der Waals surface area contributed by atoms with Crippen LogP contribution in [0.5, 0.6) is 0 Å². The highest BCUT2D eigenvalue weighted by Crippen LogP contribution is 2.27. The van der Waals surface area contributed by atoms with Gasteiger partial charge in [-0.1, -0.05) is 18.2 Å². The van der Waals surface area contributed by atoms with E-state index in [1.165, 1.54) is 6.33 Å². The number of hydrogen-bond acceptors (Lipinski definition) is 6. The van der Waals surface area contributed by atoms with Gasteiger partial charge in [0, 0.05) is 7.05 Å². The standard InChI is InChI=1S/C21H21N5O2S/c1-14(16-6-8-17(9-7-16)26-13-22-12-23-26)25(3)20(27)11-18-15(2)28-21(24-18)19-5-4-10-29-19/h4-10,12-14H,11H2,1-3H3. The predicted octanol–water partition coefficient (Wildman–Crippen LogP) is 4.05. The fraction of sp³-hybridized carbons (Fsp3) is 0.238. The molecule has 1 amide bonds. The van der Waals surface area contributed by atoms with Gasteiger partial charge in [-0.15, -0.1) is 11.3 Å². The first-order valence-electron chi connectivity index (χ1n) is 9.23. The first kappa shape index (κ1) is 19.1. The first-order chi connectivity index (χ1) is 14.0. The van der Waals surface area contributed by atoms with Gasteiger partial charge >= 0.3 is 0 Å². The lowest BCUT2D eigenvalue weighted by molar-refractivity contribution is -0.131. The van der Waals surface area contributed by atoms with Gasteiger partial charge in [-0.25, -0.2) is 14.6 Å². The molecule has 7 nitrogen and oxygen atoms in total. The van der Waals surface area contributed by atoms with E-state index in [1.807, 2.05) is 62.7 Å². The lowest BCUT2D eigenvalue weighted by Crippen LogP contribution is -2.31. The number of nitrogens with zero attached hydrogens (tertiary/aromatic N) is 5. The lowest BCUT2D eigenvalue weighted by atomic mass is 10.1. The second kappa shape index (κ2) is 8.00. The molecule has 1 aromatic carbocycles. The number of rotatable bonds is 6. The van der Waals surface area contributed by atoms with E-state index in [1.54, 1.807) is 27.2 Å². The third-order valence-electron chi connectivity index (χ3n) is 4.98. The summed E-state index contributed by atoms with van der Waals surface area (Å²) in [6.45, 7) is 3.86. The highest BCUT2D eigenvalue weighted by Gasteiger charge is 2.21. The maximum atomic E-state index is 12.9. The summed E-state index contributed by atoms with van der Waals surface area (Å²) in [6.07, 6.45) is 3.36. The molecule has 0 saturated heterocycles. The molecule has 0 fully saturated rings. The Labute approximate surface area is 172 Å². The summed E-state index contributed by atoms with van der Waals surface area (Å²) in [7, 11) is 1.81. The molecule has 0 bridgehead atoms. The molecular weight excluding hydrogens is 386 g/mol. The van der Waals surface area contributed by atoms with Crippen molar-refractivity contribution in [1.29, 1.82) is 0 Å². The largest absolute Gasteiger partial charge is 0.440 e. The predicted molar refractivity (Wildman–Crippen MR) is 111 cm³/mol. The van der Waals surface area contributed by atoms with Crippen LogP contribution >= 0.6 is 11.3 Å². The number of aromatic nitrogens is 4. The molecule has 0 saturated carbocycles. The van der Waals surface area contributed by atoms with E-state index in [0.29, 0.717) is 17.3 Å². The summed E-state index contributed by atoms with van der Waals surface area (Å²) >= 11 is 1.56. The van der Waals surface area contributed by atoms with Crippen molar-refractivity contribution in [2.75, 3.05) is 7.05 Å². The fourth-order valence-corrected chi connectivity index (χ4v) is 3.70. The molecular formula is C21H21N5O2S. The minimum Gasteiger partial charge on any atom is -0.440 e. The minimum absolute atomic E-state index is 0.00742. The molecule has 0 aliphatic heterocycles. The number of thiophene rings is 1. The topological polar surface area (TPSA) is 77.0 Å². The molecule has 3 aromatic heterocycles. The Morgan fingerprint density at radius 3 is 2.72 bits per heavy atom. The number of hydrogen-bond donors (Lipinski definition) is 0. The molecule has 0 spiro atoms. The van der Waals surface area contributed by atoms with Crippen molar-refractivity contribution >= 4 is 17.2 Å². The summed E-state index contributed by atoms with van der Waals surface area (Å²) < 4.78 is 7.44. The van der Waals surface area contributed by atoms with E-state index in [-0.39, 0.29) is 18.4 Å². The van der Waals surface area contributed by atoms with Crippen molar-refractivity contribution < 1.29 is 9.21 Å². The van der Waals surface area contributed by atoms with Gasteiger partial charge in [-0.2, -0.15) is 5.10 Å². The first-order valence-corrected chi connectivity index (χ1v) is 10.1. The van der Waals surface area contributed by atoms with Crippen LogP contribution in [0.3, 0.4) is 0 Å². The molecule has 0 N–H and O–H groups in total. The molecule has 1 atom stereocenters. The molecule has 0 aliphatic carbocycles. The van der Waals surface area contributed by atoms with E-state index in [0.717, 1.165) is 16.1 Å². The Kier molecular flexibility index (Phi) is 5.26.